The minimum Gasteiger partial charge on any atom is -0.310 e. The van der Waals surface area contributed by atoms with Crippen LogP contribution >= 0.6 is 0 Å². The van der Waals surface area contributed by atoms with Gasteiger partial charge in [0, 0.05) is 33.8 Å². The van der Waals surface area contributed by atoms with Gasteiger partial charge in [-0.2, -0.15) is 0 Å². The number of nitrogens with zero attached hydrogens (tertiary/aromatic N) is 2. The van der Waals surface area contributed by atoms with Crippen LogP contribution in [0.5, 0.6) is 0 Å². The highest BCUT2D eigenvalue weighted by atomic mass is 15.1. The van der Waals surface area contributed by atoms with E-state index in [4.69, 9.17) is 0 Å². The molecule has 0 amide bonds. The second-order valence-electron chi connectivity index (χ2n) is 26.1. The van der Waals surface area contributed by atoms with Gasteiger partial charge < -0.3 is 9.80 Å². The van der Waals surface area contributed by atoms with Crippen LogP contribution in [0.4, 0.5) is 34.1 Å². The number of rotatable bonds is 9. The van der Waals surface area contributed by atoms with E-state index in [0.29, 0.717) is 0 Å². The normalized spacial score (nSPS) is 13.1. The quantitative estimate of drug-likeness (QED) is 0.142. The monoisotopic (exact) mass is 1240 g/mol. The molecule has 98 heavy (non-hydrogen) atoms. The number of benzene rings is 16. The minimum atomic E-state index is -0.394. The standard InChI is InChI=1S/C49H33N.C47H31N/c1-3-13-34(14-4-1)36-23-27-38(28-24-36)50(39-29-25-37(26-30-39)35-15-5-2-6-16-35)40-31-32-44-43-19-9-12-22-47(43)49(48(44)33-40)45-20-10-7-17-41(45)42-18-8-11-21-46(42)49;1-2-13-32(14-3-1)33-25-27-35(28-26-33)48(46-24-12-16-34-15-4-5-17-37(34)46)36-29-30-41-40-20-8-11-23-44(40)47(45(41)31-36)42-21-9-6-18-38(42)39-19-7-10-22-43(39)47/h1-33H;1-31H. The fraction of sp³-hybridized carbons (Fsp3) is 0.0208. The Bertz CT molecular complexity index is 5520. The van der Waals surface area contributed by atoms with Gasteiger partial charge in [-0.05, 0) is 195 Å². The summed E-state index contributed by atoms with van der Waals surface area (Å²) in [5.74, 6) is 0. The molecule has 0 saturated carbocycles. The van der Waals surface area contributed by atoms with Crippen LogP contribution < -0.4 is 9.80 Å². The van der Waals surface area contributed by atoms with Gasteiger partial charge in [-0.15, -0.1) is 0 Å². The van der Waals surface area contributed by atoms with Gasteiger partial charge in [0.2, 0.25) is 0 Å². The van der Waals surface area contributed by atoms with Gasteiger partial charge in [0.25, 0.3) is 0 Å². The topological polar surface area (TPSA) is 6.48 Å². The van der Waals surface area contributed by atoms with E-state index in [1.165, 1.54) is 133 Å². The first-order valence-electron chi connectivity index (χ1n) is 34.0. The number of hydrogen-bond donors (Lipinski definition) is 0. The molecular formula is C96H64N2. The first kappa shape index (κ1) is 56.9. The van der Waals surface area contributed by atoms with E-state index in [0.717, 1.165) is 34.1 Å². The summed E-state index contributed by atoms with van der Waals surface area (Å²) in [7, 11) is 0. The second kappa shape index (κ2) is 23.1. The summed E-state index contributed by atoms with van der Waals surface area (Å²) in [6.45, 7) is 0. The number of hydrogen-bond acceptors (Lipinski definition) is 2. The summed E-state index contributed by atoms with van der Waals surface area (Å²) in [5, 5.41) is 2.45. The number of fused-ring (bicyclic) bond motifs is 21. The Morgan fingerprint density at radius 3 is 0.776 bits per heavy atom. The molecule has 0 bridgehead atoms. The zero-order valence-electron chi connectivity index (χ0n) is 53.8. The molecule has 4 aliphatic rings. The molecule has 16 aromatic rings. The van der Waals surface area contributed by atoms with Gasteiger partial charge in [0.15, 0.2) is 0 Å². The Morgan fingerprint density at radius 1 is 0.163 bits per heavy atom. The lowest BCUT2D eigenvalue weighted by molar-refractivity contribution is 0.793. The smallest absolute Gasteiger partial charge is 0.0726 e. The maximum absolute atomic E-state index is 2.47. The molecule has 0 unspecified atom stereocenters. The van der Waals surface area contributed by atoms with Crippen LogP contribution in [0.2, 0.25) is 0 Å². The molecule has 20 rings (SSSR count). The van der Waals surface area contributed by atoms with E-state index < -0.39 is 10.8 Å². The summed E-state index contributed by atoms with van der Waals surface area (Å²) in [6.07, 6.45) is 0. The largest absolute Gasteiger partial charge is 0.310 e. The average Bonchev–Trinajstić information content (AvgIpc) is 1.52. The molecule has 0 aromatic heterocycles. The lowest BCUT2D eigenvalue weighted by atomic mass is 9.70. The molecule has 0 radical (unpaired) electrons. The van der Waals surface area contributed by atoms with Crippen molar-refractivity contribution in [3.05, 3.63) is 433 Å². The lowest BCUT2D eigenvalue weighted by Gasteiger charge is -2.32. The summed E-state index contributed by atoms with van der Waals surface area (Å²) in [4.78, 5) is 4.86. The maximum atomic E-state index is 2.47. The molecule has 458 valence electrons. The zero-order valence-corrected chi connectivity index (χ0v) is 53.8. The summed E-state index contributed by atoms with van der Waals surface area (Å²) < 4.78 is 0. The third-order valence-electron chi connectivity index (χ3n) is 21.2. The molecular weight excluding hydrogens is 1180 g/mol. The van der Waals surface area contributed by atoms with Crippen molar-refractivity contribution in [3.8, 4) is 77.9 Å². The highest BCUT2D eigenvalue weighted by Gasteiger charge is 2.53. The van der Waals surface area contributed by atoms with Gasteiger partial charge in [0.1, 0.15) is 0 Å². The highest BCUT2D eigenvalue weighted by molar-refractivity contribution is 6.02. The molecule has 0 N–H and O–H groups in total. The van der Waals surface area contributed by atoms with Crippen LogP contribution in [0.1, 0.15) is 44.5 Å². The molecule has 2 heteroatoms. The van der Waals surface area contributed by atoms with Crippen molar-refractivity contribution >= 4 is 44.9 Å². The predicted molar refractivity (Wildman–Crippen MR) is 409 cm³/mol. The van der Waals surface area contributed by atoms with Crippen LogP contribution in [-0.2, 0) is 10.8 Å². The van der Waals surface area contributed by atoms with Crippen molar-refractivity contribution in [1.82, 2.24) is 0 Å². The molecule has 0 aliphatic heterocycles. The predicted octanol–water partition coefficient (Wildman–Crippen LogP) is 25.2. The van der Waals surface area contributed by atoms with E-state index in [1.54, 1.807) is 0 Å². The van der Waals surface area contributed by atoms with Gasteiger partial charge in [-0.25, -0.2) is 0 Å². The van der Waals surface area contributed by atoms with Crippen LogP contribution in [-0.4, -0.2) is 0 Å². The Labute approximate surface area is 572 Å². The summed E-state index contributed by atoms with van der Waals surface area (Å²) >= 11 is 0. The van der Waals surface area contributed by atoms with Crippen LogP contribution in [0, 0.1) is 0 Å². The molecule has 0 saturated heterocycles. The Morgan fingerprint density at radius 2 is 0.418 bits per heavy atom. The third-order valence-corrected chi connectivity index (χ3v) is 21.2. The van der Waals surface area contributed by atoms with Gasteiger partial charge >= 0.3 is 0 Å². The van der Waals surface area contributed by atoms with E-state index >= 15 is 0 Å². The molecule has 0 heterocycles. The molecule has 4 aliphatic carbocycles. The van der Waals surface area contributed by atoms with Crippen molar-refractivity contribution in [2.45, 2.75) is 10.8 Å². The summed E-state index contributed by atoms with van der Waals surface area (Å²) in [6, 6.07) is 143. The average molecular weight is 1250 g/mol. The van der Waals surface area contributed by atoms with E-state index in [2.05, 4.69) is 398 Å². The number of anilines is 6. The lowest BCUT2D eigenvalue weighted by Crippen LogP contribution is -2.26. The van der Waals surface area contributed by atoms with Crippen molar-refractivity contribution in [2.75, 3.05) is 9.80 Å². The van der Waals surface area contributed by atoms with Gasteiger partial charge in [-0.3, -0.25) is 0 Å². The van der Waals surface area contributed by atoms with E-state index in [-0.39, 0.29) is 0 Å². The molecule has 0 fully saturated rings. The SMILES string of the molecule is c1ccc(-c2ccc(N(c3ccc(-c4ccccc4)cc3)c3ccc4c(c3)C3(c5ccccc5-c5ccccc53)c3ccccc3-4)cc2)cc1.c1ccc(-c2ccc(N(c3ccc4c(c3)C3(c5ccccc5-c5ccccc53)c3ccccc3-4)c3cccc4ccccc34)cc2)cc1. The maximum Gasteiger partial charge on any atom is 0.0726 e. The first-order valence-corrected chi connectivity index (χ1v) is 34.0. The van der Waals surface area contributed by atoms with E-state index in [1.807, 2.05) is 0 Å². The van der Waals surface area contributed by atoms with Crippen molar-refractivity contribution < 1.29 is 0 Å². The highest BCUT2D eigenvalue weighted by Crippen LogP contribution is 2.65. The van der Waals surface area contributed by atoms with Gasteiger partial charge in [0.05, 0.1) is 16.5 Å². The second-order valence-corrected chi connectivity index (χ2v) is 26.1. The van der Waals surface area contributed by atoms with Crippen molar-refractivity contribution in [1.29, 1.82) is 0 Å². The van der Waals surface area contributed by atoms with Crippen LogP contribution in [0.25, 0.3) is 88.7 Å². The molecule has 0 atom stereocenters. The fourth-order valence-corrected chi connectivity index (χ4v) is 17.0. The molecule has 16 aromatic carbocycles. The molecule has 2 spiro atoms. The van der Waals surface area contributed by atoms with E-state index in [9.17, 15) is 0 Å². The molecule has 2 nitrogen and oxygen atoms in total. The van der Waals surface area contributed by atoms with Crippen LogP contribution in [0.15, 0.2) is 388 Å². The third kappa shape index (κ3) is 8.74. The Balaban J connectivity index is 0.000000137. The minimum absolute atomic E-state index is 0.392. The zero-order chi connectivity index (χ0) is 64.7. The first-order chi connectivity index (χ1) is 48.6. The Kier molecular flexibility index (Phi) is 13.4. The van der Waals surface area contributed by atoms with Crippen molar-refractivity contribution in [3.63, 3.8) is 0 Å². The summed E-state index contributed by atoms with van der Waals surface area (Å²) in [5.41, 5.74) is 34.6. The van der Waals surface area contributed by atoms with Crippen LogP contribution in [0.3, 0.4) is 0 Å². The van der Waals surface area contributed by atoms with Crippen molar-refractivity contribution in [2.24, 2.45) is 0 Å². The fourth-order valence-electron chi connectivity index (χ4n) is 17.0. The van der Waals surface area contributed by atoms with Gasteiger partial charge in [-0.1, -0.05) is 322 Å². The Hall–Kier alpha value is -12.6.